The number of aromatic nitrogens is 1. The van der Waals surface area contributed by atoms with Gasteiger partial charge in [-0.1, -0.05) is 11.3 Å². The van der Waals surface area contributed by atoms with E-state index in [-0.39, 0.29) is 4.88 Å². The Morgan fingerprint density at radius 3 is 2.94 bits per heavy atom. The van der Waals surface area contributed by atoms with Gasteiger partial charge in [0, 0.05) is 19.2 Å². The number of rotatable bonds is 4. The van der Waals surface area contributed by atoms with Crippen molar-refractivity contribution in [1.82, 2.24) is 4.98 Å². The highest BCUT2D eigenvalue weighted by Crippen LogP contribution is 2.23. The largest absolute Gasteiger partial charge is 0.477 e. The number of aromatic carboxylic acids is 1. The number of aryl methyl sites for hydroxylation is 1. The van der Waals surface area contributed by atoms with Gasteiger partial charge >= 0.3 is 5.97 Å². The van der Waals surface area contributed by atoms with Crippen molar-refractivity contribution in [1.29, 1.82) is 0 Å². The zero-order chi connectivity index (χ0) is 12.4. The van der Waals surface area contributed by atoms with Crippen LogP contribution < -0.4 is 4.90 Å². The Morgan fingerprint density at radius 2 is 2.41 bits per heavy atom. The van der Waals surface area contributed by atoms with Crippen molar-refractivity contribution in [3.63, 3.8) is 0 Å². The molecule has 0 amide bonds. The molecule has 1 N–H and O–H groups in total. The number of nitrogens with zero attached hydrogens (tertiary/aromatic N) is 2. The van der Waals surface area contributed by atoms with Crippen LogP contribution in [0.1, 0.15) is 21.0 Å². The third kappa shape index (κ3) is 2.47. The van der Waals surface area contributed by atoms with Gasteiger partial charge in [0.15, 0.2) is 5.13 Å². The molecular formula is C11H12N2O3S. The molecule has 2 heterocycles. The van der Waals surface area contributed by atoms with Crippen LogP contribution in [0.3, 0.4) is 0 Å². The third-order valence-corrected chi connectivity index (χ3v) is 3.50. The topological polar surface area (TPSA) is 66.6 Å². The molecule has 0 saturated heterocycles. The first-order valence-electron chi connectivity index (χ1n) is 5.01. The summed E-state index contributed by atoms with van der Waals surface area (Å²) in [7, 11) is 1.87. The number of thiazole rings is 1. The molecule has 0 atom stereocenters. The number of carboxylic acids is 1. The molecule has 17 heavy (non-hydrogen) atoms. The van der Waals surface area contributed by atoms with E-state index in [0.29, 0.717) is 11.7 Å². The summed E-state index contributed by atoms with van der Waals surface area (Å²) in [4.78, 5) is 17.0. The molecule has 90 valence electrons. The molecule has 0 fully saturated rings. The second kappa shape index (κ2) is 4.58. The van der Waals surface area contributed by atoms with Gasteiger partial charge in [0.25, 0.3) is 0 Å². The van der Waals surface area contributed by atoms with E-state index in [1.807, 2.05) is 24.9 Å². The van der Waals surface area contributed by atoms with E-state index in [9.17, 15) is 4.79 Å². The third-order valence-electron chi connectivity index (χ3n) is 2.40. The number of hydrogen-bond donors (Lipinski definition) is 1. The molecule has 0 saturated carbocycles. The van der Waals surface area contributed by atoms with Gasteiger partial charge in [-0.15, -0.1) is 0 Å². The highest BCUT2D eigenvalue weighted by Gasteiger charge is 2.13. The standard InChI is InChI=1S/C11H12N2O3S/c1-7-8(3-4-16-7)6-13(2)11-12-5-9(17-11)10(14)15/h3-5H,6H2,1-2H3,(H,14,15). The van der Waals surface area contributed by atoms with Gasteiger partial charge in [-0.05, 0) is 13.0 Å². The number of carbonyl (C=O) groups is 1. The van der Waals surface area contributed by atoms with Crippen molar-refractivity contribution < 1.29 is 14.3 Å². The summed E-state index contributed by atoms with van der Waals surface area (Å²) in [6, 6.07) is 1.90. The van der Waals surface area contributed by atoms with Crippen LogP contribution in [0, 0.1) is 6.92 Å². The lowest BCUT2D eigenvalue weighted by Crippen LogP contribution is -2.16. The maximum absolute atomic E-state index is 10.7. The molecule has 0 aliphatic heterocycles. The van der Waals surface area contributed by atoms with Crippen LogP contribution in [-0.2, 0) is 6.54 Å². The fourth-order valence-corrected chi connectivity index (χ4v) is 2.15. The maximum atomic E-state index is 10.7. The molecule has 0 aliphatic carbocycles. The molecule has 0 bridgehead atoms. The fraction of sp³-hybridized carbons (Fsp3) is 0.273. The first-order valence-corrected chi connectivity index (χ1v) is 5.83. The molecule has 2 aromatic rings. The minimum absolute atomic E-state index is 0.246. The first-order chi connectivity index (χ1) is 8.08. The molecule has 6 heteroatoms. The van der Waals surface area contributed by atoms with Crippen LogP contribution in [0.25, 0.3) is 0 Å². The van der Waals surface area contributed by atoms with Crippen LogP contribution in [0.15, 0.2) is 22.9 Å². The number of hydrogen-bond acceptors (Lipinski definition) is 5. The van der Waals surface area contributed by atoms with E-state index >= 15 is 0 Å². The lowest BCUT2D eigenvalue weighted by atomic mass is 10.2. The van der Waals surface area contributed by atoms with E-state index in [4.69, 9.17) is 9.52 Å². The normalized spacial score (nSPS) is 10.5. The molecular weight excluding hydrogens is 240 g/mol. The van der Waals surface area contributed by atoms with Crippen LogP contribution >= 0.6 is 11.3 Å². The summed E-state index contributed by atoms with van der Waals surface area (Å²) in [6.45, 7) is 2.54. The molecule has 0 unspecified atom stereocenters. The van der Waals surface area contributed by atoms with Gasteiger partial charge < -0.3 is 14.4 Å². The second-order valence-corrected chi connectivity index (χ2v) is 4.68. The van der Waals surface area contributed by atoms with Crippen molar-refractivity contribution in [3.8, 4) is 0 Å². The van der Waals surface area contributed by atoms with Crippen LogP contribution in [0.2, 0.25) is 0 Å². The molecule has 2 rings (SSSR count). The van der Waals surface area contributed by atoms with E-state index in [1.165, 1.54) is 6.20 Å². The van der Waals surface area contributed by atoms with E-state index in [2.05, 4.69) is 4.98 Å². The predicted octanol–water partition coefficient (Wildman–Crippen LogP) is 2.38. The molecule has 0 spiro atoms. The van der Waals surface area contributed by atoms with E-state index < -0.39 is 5.97 Å². The second-order valence-electron chi connectivity index (χ2n) is 3.67. The van der Waals surface area contributed by atoms with Crippen molar-refractivity contribution >= 4 is 22.4 Å². The highest BCUT2D eigenvalue weighted by atomic mass is 32.1. The maximum Gasteiger partial charge on any atom is 0.347 e. The minimum Gasteiger partial charge on any atom is -0.477 e. The lowest BCUT2D eigenvalue weighted by molar-refractivity contribution is 0.0702. The van der Waals surface area contributed by atoms with Crippen molar-refractivity contribution in [2.45, 2.75) is 13.5 Å². The number of furan rings is 1. The lowest BCUT2D eigenvalue weighted by Gasteiger charge is -2.14. The average molecular weight is 252 g/mol. The zero-order valence-corrected chi connectivity index (χ0v) is 10.3. The number of carboxylic acid groups (broad SMARTS) is 1. The summed E-state index contributed by atoms with van der Waals surface area (Å²) in [6.07, 6.45) is 3.02. The highest BCUT2D eigenvalue weighted by molar-refractivity contribution is 7.17. The van der Waals surface area contributed by atoms with Gasteiger partial charge in [0.1, 0.15) is 10.6 Å². The van der Waals surface area contributed by atoms with Crippen LogP contribution in [0.5, 0.6) is 0 Å². The Hall–Kier alpha value is -1.82. The van der Waals surface area contributed by atoms with E-state index in [0.717, 1.165) is 22.7 Å². The SMILES string of the molecule is Cc1occc1CN(C)c1ncc(C(=O)O)s1. The van der Waals surface area contributed by atoms with Gasteiger partial charge in [0.05, 0.1) is 12.5 Å². The molecule has 0 aromatic carbocycles. The molecule has 5 nitrogen and oxygen atoms in total. The minimum atomic E-state index is -0.943. The first kappa shape index (κ1) is 11.7. The van der Waals surface area contributed by atoms with Gasteiger partial charge in [-0.3, -0.25) is 0 Å². The smallest absolute Gasteiger partial charge is 0.347 e. The van der Waals surface area contributed by atoms with E-state index in [1.54, 1.807) is 6.26 Å². The summed E-state index contributed by atoms with van der Waals surface area (Å²) < 4.78 is 5.21. The van der Waals surface area contributed by atoms with Crippen molar-refractivity contribution in [2.75, 3.05) is 11.9 Å². The predicted molar refractivity (Wildman–Crippen MR) is 64.6 cm³/mol. The van der Waals surface area contributed by atoms with Crippen molar-refractivity contribution in [2.24, 2.45) is 0 Å². The fourth-order valence-electron chi connectivity index (χ4n) is 1.44. The number of anilines is 1. The Balaban J connectivity index is 2.12. The van der Waals surface area contributed by atoms with Gasteiger partial charge in [0.2, 0.25) is 0 Å². The summed E-state index contributed by atoms with van der Waals surface area (Å²) in [5, 5.41) is 9.50. The summed E-state index contributed by atoms with van der Waals surface area (Å²) >= 11 is 1.16. The average Bonchev–Trinajstić information content (AvgIpc) is 2.88. The zero-order valence-electron chi connectivity index (χ0n) is 9.51. The Bertz CT molecular complexity index is 532. The summed E-state index contributed by atoms with van der Waals surface area (Å²) in [5.74, 6) is -0.0755. The molecule has 0 radical (unpaired) electrons. The van der Waals surface area contributed by atoms with Crippen LogP contribution in [0.4, 0.5) is 5.13 Å². The van der Waals surface area contributed by atoms with Gasteiger partial charge in [-0.2, -0.15) is 0 Å². The monoisotopic (exact) mass is 252 g/mol. The van der Waals surface area contributed by atoms with Gasteiger partial charge in [-0.25, -0.2) is 9.78 Å². The summed E-state index contributed by atoms with van der Waals surface area (Å²) in [5.41, 5.74) is 1.07. The van der Waals surface area contributed by atoms with Crippen LogP contribution in [-0.4, -0.2) is 23.1 Å². The Kier molecular flexibility index (Phi) is 3.14. The quantitative estimate of drug-likeness (QED) is 0.904. The molecule has 0 aliphatic rings. The van der Waals surface area contributed by atoms with Crippen molar-refractivity contribution in [3.05, 3.63) is 34.7 Å². The molecule has 2 aromatic heterocycles. The Morgan fingerprint density at radius 1 is 1.65 bits per heavy atom. The Labute approximate surface area is 102 Å².